The number of carbonyl (C=O) groups is 1. The lowest BCUT2D eigenvalue weighted by Crippen LogP contribution is -2.33. The number of likely N-dealkylation sites (tertiary alicyclic amines) is 1. The molecule has 1 saturated heterocycles. The number of nitrogens with zero attached hydrogens (tertiary/aromatic N) is 1. The molecule has 132 valence electrons. The average Bonchev–Trinajstić information content (AvgIpc) is 3.06. The Balaban J connectivity index is 1.63. The van der Waals surface area contributed by atoms with Gasteiger partial charge in [-0.05, 0) is 24.3 Å². The lowest BCUT2D eigenvalue weighted by molar-refractivity contribution is 0.152. The molecule has 2 aromatic rings. The fraction of sp³-hybridized carbons (Fsp3) is 0.316. The minimum Gasteiger partial charge on any atom is -0.457 e. The van der Waals surface area contributed by atoms with Crippen LogP contribution in [0.3, 0.4) is 0 Å². The van der Waals surface area contributed by atoms with E-state index >= 15 is 0 Å². The third kappa shape index (κ3) is 4.29. The number of ether oxygens (including phenoxy) is 1. The zero-order valence-electron chi connectivity index (χ0n) is 13.8. The molecule has 2 aromatic carbocycles. The Labute approximate surface area is 146 Å². The molecule has 1 heterocycles. The van der Waals surface area contributed by atoms with Gasteiger partial charge in [0, 0.05) is 49.9 Å². The minimum absolute atomic E-state index is 0.0323. The van der Waals surface area contributed by atoms with Crippen LogP contribution >= 0.6 is 0 Å². The molecule has 0 saturated carbocycles. The van der Waals surface area contributed by atoms with Crippen molar-refractivity contribution < 1.29 is 19.7 Å². The summed E-state index contributed by atoms with van der Waals surface area (Å²) >= 11 is 0. The number of hydrogen-bond acceptors (Lipinski definition) is 4. The lowest BCUT2D eigenvalue weighted by Gasteiger charge is -2.17. The van der Waals surface area contributed by atoms with Crippen molar-refractivity contribution in [3.63, 3.8) is 0 Å². The average molecular weight is 342 g/mol. The molecule has 0 aromatic heterocycles. The number of benzene rings is 2. The van der Waals surface area contributed by atoms with Gasteiger partial charge in [-0.15, -0.1) is 0 Å². The van der Waals surface area contributed by atoms with Gasteiger partial charge < -0.3 is 25.2 Å². The van der Waals surface area contributed by atoms with Gasteiger partial charge in [0.15, 0.2) is 0 Å². The number of carbonyl (C=O) groups excluding carboxylic acids is 1. The quantitative estimate of drug-likeness (QED) is 0.780. The fourth-order valence-electron chi connectivity index (χ4n) is 2.98. The van der Waals surface area contributed by atoms with E-state index in [-0.39, 0.29) is 31.1 Å². The van der Waals surface area contributed by atoms with Crippen LogP contribution in [0.5, 0.6) is 11.5 Å². The lowest BCUT2D eigenvalue weighted by atomic mass is 9.98. The van der Waals surface area contributed by atoms with E-state index in [4.69, 9.17) is 4.74 Å². The number of nitrogens with one attached hydrogen (secondary N) is 1. The summed E-state index contributed by atoms with van der Waals surface area (Å²) < 4.78 is 5.76. The van der Waals surface area contributed by atoms with Crippen LogP contribution < -0.4 is 10.1 Å². The van der Waals surface area contributed by atoms with Crippen molar-refractivity contribution in [3.05, 3.63) is 54.6 Å². The van der Waals surface area contributed by atoms with Gasteiger partial charge in [-0.25, -0.2) is 4.79 Å². The van der Waals surface area contributed by atoms with Crippen LogP contribution in [0, 0.1) is 11.8 Å². The molecule has 0 unspecified atom stereocenters. The van der Waals surface area contributed by atoms with E-state index in [2.05, 4.69) is 5.32 Å². The summed E-state index contributed by atoms with van der Waals surface area (Å²) in [5.41, 5.74) is 0.631. The first-order valence-corrected chi connectivity index (χ1v) is 8.30. The molecule has 2 atom stereocenters. The maximum absolute atomic E-state index is 12.4. The predicted octanol–water partition coefficient (Wildman–Crippen LogP) is 2.54. The van der Waals surface area contributed by atoms with Gasteiger partial charge in [-0.3, -0.25) is 0 Å². The van der Waals surface area contributed by atoms with Gasteiger partial charge in [0.2, 0.25) is 0 Å². The Morgan fingerprint density at radius 3 is 2.28 bits per heavy atom. The van der Waals surface area contributed by atoms with Crippen LogP contribution in [0.4, 0.5) is 10.5 Å². The number of urea groups is 1. The first-order valence-electron chi connectivity index (χ1n) is 8.30. The molecule has 3 N–H and O–H groups in total. The second-order valence-corrected chi connectivity index (χ2v) is 6.16. The highest BCUT2D eigenvalue weighted by Crippen LogP contribution is 2.26. The summed E-state index contributed by atoms with van der Waals surface area (Å²) in [5, 5.41) is 21.5. The Morgan fingerprint density at radius 1 is 1.00 bits per heavy atom. The molecule has 1 aliphatic rings. The van der Waals surface area contributed by atoms with Gasteiger partial charge >= 0.3 is 6.03 Å². The van der Waals surface area contributed by atoms with Gasteiger partial charge in [0.25, 0.3) is 0 Å². The molecule has 0 spiro atoms. The Hall–Kier alpha value is -2.57. The summed E-state index contributed by atoms with van der Waals surface area (Å²) in [6, 6.07) is 16.4. The van der Waals surface area contributed by atoms with Crippen molar-refractivity contribution in [3.8, 4) is 11.5 Å². The second-order valence-electron chi connectivity index (χ2n) is 6.16. The van der Waals surface area contributed by atoms with Gasteiger partial charge in [-0.1, -0.05) is 24.3 Å². The normalized spacial score (nSPS) is 19.7. The number of anilines is 1. The van der Waals surface area contributed by atoms with E-state index in [1.54, 1.807) is 17.0 Å². The summed E-state index contributed by atoms with van der Waals surface area (Å²) in [5.74, 6) is 1.20. The smallest absolute Gasteiger partial charge is 0.321 e. The van der Waals surface area contributed by atoms with E-state index in [1.807, 2.05) is 42.5 Å². The van der Waals surface area contributed by atoms with E-state index in [0.29, 0.717) is 24.5 Å². The maximum atomic E-state index is 12.4. The second kappa shape index (κ2) is 8.00. The van der Waals surface area contributed by atoms with E-state index < -0.39 is 0 Å². The Bertz CT molecular complexity index is 696. The van der Waals surface area contributed by atoms with Crippen molar-refractivity contribution in [2.75, 3.05) is 31.6 Å². The first kappa shape index (κ1) is 17.3. The molecule has 0 radical (unpaired) electrons. The highest BCUT2D eigenvalue weighted by molar-refractivity contribution is 5.89. The number of hydrogen-bond donors (Lipinski definition) is 3. The molecular formula is C19H22N2O4. The topological polar surface area (TPSA) is 82.0 Å². The molecule has 25 heavy (non-hydrogen) atoms. The van der Waals surface area contributed by atoms with Crippen LogP contribution in [0.25, 0.3) is 0 Å². The monoisotopic (exact) mass is 342 g/mol. The van der Waals surface area contributed by atoms with Crippen LogP contribution in [-0.2, 0) is 0 Å². The van der Waals surface area contributed by atoms with Gasteiger partial charge in [0.1, 0.15) is 11.5 Å². The summed E-state index contributed by atoms with van der Waals surface area (Å²) in [7, 11) is 0. The first-order chi connectivity index (χ1) is 12.2. The number of aliphatic hydroxyl groups is 2. The predicted molar refractivity (Wildman–Crippen MR) is 94.7 cm³/mol. The molecule has 0 bridgehead atoms. The van der Waals surface area contributed by atoms with Crippen molar-refractivity contribution >= 4 is 11.7 Å². The van der Waals surface area contributed by atoms with Crippen LogP contribution in [0.2, 0.25) is 0 Å². The van der Waals surface area contributed by atoms with E-state index in [0.717, 1.165) is 5.75 Å². The van der Waals surface area contributed by atoms with Crippen LogP contribution in [0.15, 0.2) is 54.6 Å². The molecule has 1 fully saturated rings. The molecular weight excluding hydrogens is 320 g/mol. The number of para-hydroxylation sites is 1. The fourth-order valence-corrected chi connectivity index (χ4v) is 2.98. The summed E-state index contributed by atoms with van der Waals surface area (Å²) in [4.78, 5) is 14.0. The Morgan fingerprint density at radius 2 is 1.64 bits per heavy atom. The standard InChI is InChI=1S/C19H22N2O4/c22-12-14-10-21(11-15(14)13-23)19(24)20-16-5-4-8-18(9-16)25-17-6-2-1-3-7-17/h1-9,14-15,22-23H,10-13H2,(H,20,24)/t14-,15-/m0/s1. The zero-order valence-corrected chi connectivity index (χ0v) is 13.8. The molecule has 6 heteroatoms. The van der Waals surface area contributed by atoms with Gasteiger partial charge in [-0.2, -0.15) is 0 Å². The largest absolute Gasteiger partial charge is 0.457 e. The van der Waals surface area contributed by atoms with E-state index in [1.165, 1.54) is 0 Å². The molecule has 6 nitrogen and oxygen atoms in total. The zero-order chi connectivity index (χ0) is 17.6. The van der Waals surface area contributed by atoms with Crippen molar-refractivity contribution in [1.82, 2.24) is 4.90 Å². The van der Waals surface area contributed by atoms with Crippen molar-refractivity contribution in [2.24, 2.45) is 11.8 Å². The highest BCUT2D eigenvalue weighted by atomic mass is 16.5. The summed E-state index contributed by atoms with van der Waals surface area (Å²) in [6.07, 6.45) is 0. The number of aliphatic hydroxyl groups excluding tert-OH is 2. The van der Waals surface area contributed by atoms with Crippen molar-refractivity contribution in [2.45, 2.75) is 0 Å². The minimum atomic E-state index is -0.244. The van der Waals surface area contributed by atoms with Crippen molar-refractivity contribution in [1.29, 1.82) is 0 Å². The SMILES string of the molecule is O=C(Nc1cccc(Oc2ccccc2)c1)N1C[C@@H](CO)[C@H](CO)C1. The third-order valence-corrected chi connectivity index (χ3v) is 4.40. The third-order valence-electron chi connectivity index (χ3n) is 4.40. The number of amides is 2. The molecule has 0 aliphatic carbocycles. The summed E-state index contributed by atoms with van der Waals surface area (Å²) in [6.45, 7) is 0.812. The number of rotatable bonds is 5. The van der Waals surface area contributed by atoms with Crippen LogP contribution in [-0.4, -0.2) is 47.4 Å². The van der Waals surface area contributed by atoms with E-state index in [9.17, 15) is 15.0 Å². The highest BCUT2D eigenvalue weighted by Gasteiger charge is 2.34. The molecule has 1 aliphatic heterocycles. The van der Waals surface area contributed by atoms with Crippen LogP contribution in [0.1, 0.15) is 0 Å². The molecule has 2 amide bonds. The van der Waals surface area contributed by atoms with Gasteiger partial charge in [0.05, 0.1) is 0 Å². The maximum Gasteiger partial charge on any atom is 0.321 e. The molecule has 3 rings (SSSR count). The Kier molecular flexibility index (Phi) is 5.53.